The van der Waals surface area contributed by atoms with E-state index < -0.39 is 20.0 Å². The lowest BCUT2D eigenvalue weighted by Crippen LogP contribution is -2.27. The van der Waals surface area contributed by atoms with E-state index in [1.54, 1.807) is 12.1 Å². The van der Waals surface area contributed by atoms with Crippen LogP contribution >= 0.6 is 15.9 Å². The molecule has 0 aliphatic carbocycles. The van der Waals surface area contributed by atoms with Gasteiger partial charge in [-0.2, -0.15) is 4.31 Å². The van der Waals surface area contributed by atoms with Gasteiger partial charge in [-0.05, 0) is 55.3 Å². The molecule has 7 nitrogen and oxygen atoms in total. The number of nitrogens with one attached hydrogen (secondary N) is 1. The predicted octanol–water partition coefficient (Wildman–Crippen LogP) is 3.04. The number of ether oxygens (including phenoxy) is 1. The van der Waals surface area contributed by atoms with Crippen LogP contribution < -0.4 is 9.46 Å². The molecule has 0 radical (unpaired) electrons. The fourth-order valence-electron chi connectivity index (χ4n) is 2.84. The second-order valence-electron chi connectivity index (χ2n) is 6.04. The molecule has 0 atom stereocenters. The van der Waals surface area contributed by atoms with Gasteiger partial charge in [0, 0.05) is 23.2 Å². The van der Waals surface area contributed by atoms with Gasteiger partial charge in [-0.1, -0.05) is 15.9 Å². The Hall–Kier alpha value is -1.62. The zero-order chi connectivity index (χ0) is 19.7. The molecular weight excluding hydrogens is 456 g/mol. The number of anilines is 1. The van der Waals surface area contributed by atoms with Gasteiger partial charge in [-0.25, -0.2) is 16.8 Å². The Balaban J connectivity index is 1.85. The van der Waals surface area contributed by atoms with Crippen LogP contribution in [0.4, 0.5) is 5.69 Å². The van der Waals surface area contributed by atoms with Crippen LogP contribution in [0.3, 0.4) is 0 Å². The standard InChI is InChI=1S/C17H19BrN2O5S2/c1-25-16-9-4-13(18)12-17(16)26(21,22)19-14-5-7-15(8-6-14)27(23,24)20-10-2-3-11-20/h4-9,12,19H,2-3,10-11H2,1H3. The maximum Gasteiger partial charge on any atom is 0.265 e. The summed E-state index contributed by atoms with van der Waals surface area (Å²) in [6.07, 6.45) is 1.71. The summed E-state index contributed by atoms with van der Waals surface area (Å²) in [5, 5.41) is 0. The first-order chi connectivity index (χ1) is 12.7. The van der Waals surface area contributed by atoms with E-state index in [1.165, 1.54) is 41.7 Å². The summed E-state index contributed by atoms with van der Waals surface area (Å²) in [5.41, 5.74) is 0.261. The van der Waals surface area contributed by atoms with Crippen LogP contribution in [0.5, 0.6) is 5.75 Å². The monoisotopic (exact) mass is 474 g/mol. The van der Waals surface area contributed by atoms with Crippen LogP contribution in [-0.4, -0.2) is 41.3 Å². The molecule has 0 aromatic heterocycles. The fourth-order valence-corrected chi connectivity index (χ4v) is 6.13. The fraction of sp³-hybridized carbons (Fsp3) is 0.294. The molecule has 2 aromatic rings. The molecule has 3 rings (SSSR count). The maximum absolute atomic E-state index is 12.7. The second-order valence-corrected chi connectivity index (χ2v) is 10.5. The third-order valence-corrected chi connectivity index (χ3v) is 8.03. The second kappa shape index (κ2) is 7.78. The topological polar surface area (TPSA) is 92.8 Å². The molecule has 0 amide bonds. The number of nitrogens with zero attached hydrogens (tertiary/aromatic N) is 1. The first-order valence-electron chi connectivity index (χ1n) is 8.20. The summed E-state index contributed by atoms with van der Waals surface area (Å²) < 4.78 is 60.1. The first-order valence-corrected chi connectivity index (χ1v) is 11.9. The lowest BCUT2D eigenvalue weighted by atomic mass is 10.3. The summed E-state index contributed by atoms with van der Waals surface area (Å²) >= 11 is 3.25. The molecule has 0 saturated carbocycles. The van der Waals surface area contributed by atoms with Crippen molar-refractivity contribution in [3.8, 4) is 5.75 Å². The molecule has 146 valence electrons. The van der Waals surface area contributed by atoms with Crippen molar-refractivity contribution < 1.29 is 21.6 Å². The third-order valence-electron chi connectivity index (χ3n) is 4.22. The summed E-state index contributed by atoms with van der Waals surface area (Å²) in [6, 6.07) is 10.3. The number of hydrogen-bond acceptors (Lipinski definition) is 5. The Bertz CT molecular complexity index is 1030. The van der Waals surface area contributed by atoms with Crippen molar-refractivity contribution in [2.24, 2.45) is 0 Å². The molecule has 27 heavy (non-hydrogen) atoms. The molecular formula is C17H19BrN2O5S2. The minimum absolute atomic E-state index is 0.0202. The molecule has 1 heterocycles. The van der Waals surface area contributed by atoms with Gasteiger partial charge in [0.05, 0.1) is 12.0 Å². The molecule has 2 aromatic carbocycles. The SMILES string of the molecule is COc1ccc(Br)cc1S(=O)(=O)Nc1ccc(S(=O)(=O)N2CCCC2)cc1. The van der Waals surface area contributed by atoms with Gasteiger partial charge in [0.25, 0.3) is 10.0 Å². The number of methoxy groups -OCH3 is 1. The number of benzene rings is 2. The van der Waals surface area contributed by atoms with Crippen LogP contribution in [-0.2, 0) is 20.0 Å². The number of sulfonamides is 2. The van der Waals surface area contributed by atoms with Crippen molar-refractivity contribution in [1.29, 1.82) is 0 Å². The summed E-state index contributed by atoms with van der Waals surface area (Å²) in [7, 11) is -6.06. The van der Waals surface area contributed by atoms with E-state index in [9.17, 15) is 16.8 Å². The van der Waals surface area contributed by atoms with Gasteiger partial charge in [0.2, 0.25) is 10.0 Å². The van der Waals surface area contributed by atoms with E-state index >= 15 is 0 Å². The molecule has 0 spiro atoms. The minimum Gasteiger partial charge on any atom is -0.495 e. The Morgan fingerprint density at radius 3 is 2.22 bits per heavy atom. The molecule has 10 heteroatoms. The van der Waals surface area contributed by atoms with Crippen molar-refractivity contribution in [1.82, 2.24) is 4.31 Å². The average Bonchev–Trinajstić information content (AvgIpc) is 3.17. The van der Waals surface area contributed by atoms with Crippen molar-refractivity contribution in [3.05, 3.63) is 46.9 Å². The highest BCUT2D eigenvalue weighted by Gasteiger charge is 2.27. The van der Waals surface area contributed by atoms with E-state index in [0.717, 1.165) is 12.8 Å². The van der Waals surface area contributed by atoms with Crippen molar-refractivity contribution in [2.75, 3.05) is 24.9 Å². The summed E-state index contributed by atoms with van der Waals surface area (Å²) in [4.78, 5) is 0.125. The zero-order valence-corrected chi connectivity index (χ0v) is 17.8. The third kappa shape index (κ3) is 4.29. The van der Waals surface area contributed by atoms with Gasteiger partial charge < -0.3 is 4.74 Å². The zero-order valence-electron chi connectivity index (χ0n) is 14.6. The van der Waals surface area contributed by atoms with Crippen LogP contribution in [0.2, 0.25) is 0 Å². The smallest absolute Gasteiger partial charge is 0.265 e. The van der Waals surface area contributed by atoms with E-state index in [4.69, 9.17) is 4.74 Å². The molecule has 1 aliphatic rings. The lowest BCUT2D eigenvalue weighted by Gasteiger charge is -2.16. The Morgan fingerprint density at radius 2 is 1.63 bits per heavy atom. The van der Waals surface area contributed by atoms with Gasteiger partial charge in [-0.15, -0.1) is 0 Å². The van der Waals surface area contributed by atoms with Gasteiger partial charge in [0.1, 0.15) is 10.6 Å². The Morgan fingerprint density at radius 1 is 1.00 bits per heavy atom. The molecule has 1 fully saturated rings. The summed E-state index contributed by atoms with van der Waals surface area (Å²) in [5.74, 6) is 0.207. The molecule has 0 unspecified atom stereocenters. The largest absolute Gasteiger partial charge is 0.495 e. The van der Waals surface area contributed by atoms with Crippen molar-refractivity contribution >= 4 is 41.7 Å². The van der Waals surface area contributed by atoms with Crippen molar-refractivity contribution in [2.45, 2.75) is 22.6 Å². The number of hydrogen-bond donors (Lipinski definition) is 1. The quantitative estimate of drug-likeness (QED) is 0.694. The normalized spacial score (nSPS) is 15.6. The van der Waals surface area contributed by atoms with E-state index in [2.05, 4.69) is 20.7 Å². The van der Waals surface area contributed by atoms with Gasteiger partial charge in [0.15, 0.2) is 0 Å². The van der Waals surface area contributed by atoms with Gasteiger partial charge in [-0.3, -0.25) is 4.72 Å². The highest BCUT2D eigenvalue weighted by Crippen LogP contribution is 2.29. The Labute approximate surface area is 167 Å². The van der Waals surface area contributed by atoms with Crippen LogP contribution in [0.25, 0.3) is 0 Å². The minimum atomic E-state index is -3.91. The maximum atomic E-state index is 12.7. The van der Waals surface area contributed by atoms with Crippen LogP contribution in [0.1, 0.15) is 12.8 Å². The van der Waals surface area contributed by atoms with Gasteiger partial charge >= 0.3 is 0 Å². The predicted molar refractivity (Wildman–Crippen MR) is 106 cm³/mol. The van der Waals surface area contributed by atoms with Crippen LogP contribution in [0.15, 0.2) is 56.7 Å². The average molecular weight is 475 g/mol. The highest BCUT2D eigenvalue weighted by atomic mass is 79.9. The molecule has 1 aliphatic heterocycles. The number of rotatable bonds is 6. The molecule has 1 N–H and O–H groups in total. The highest BCUT2D eigenvalue weighted by molar-refractivity contribution is 9.10. The Kier molecular flexibility index (Phi) is 5.80. The lowest BCUT2D eigenvalue weighted by molar-refractivity contribution is 0.403. The van der Waals surface area contributed by atoms with Crippen molar-refractivity contribution in [3.63, 3.8) is 0 Å². The molecule has 1 saturated heterocycles. The van der Waals surface area contributed by atoms with E-state index in [0.29, 0.717) is 17.6 Å². The molecule has 0 bridgehead atoms. The number of halogens is 1. The van der Waals surface area contributed by atoms with E-state index in [1.807, 2.05) is 0 Å². The van der Waals surface area contributed by atoms with Crippen LogP contribution in [0, 0.1) is 0 Å². The van der Waals surface area contributed by atoms with E-state index in [-0.39, 0.29) is 21.2 Å². The summed E-state index contributed by atoms with van der Waals surface area (Å²) in [6.45, 7) is 1.03. The first kappa shape index (κ1) is 20.1.